The maximum Gasteiger partial charge on any atom is 0.274 e. The average Bonchev–Trinajstić information content (AvgIpc) is 3.25. The second-order valence-corrected chi connectivity index (χ2v) is 10.3. The summed E-state index contributed by atoms with van der Waals surface area (Å²) in [6.45, 7) is 4.28. The van der Waals surface area contributed by atoms with Crippen LogP contribution in [0, 0.1) is 25.2 Å². The molecule has 2 heterocycles. The van der Waals surface area contributed by atoms with Crippen molar-refractivity contribution in [3.05, 3.63) is 132 Å². The number of nitrogens with two attached hydrogens (primary N) is 1. The highest BCUT2D eigenvalue weighted by Crippen LogP contribution is 2.36. The fourth-order valence-corrected chi connectivity index (χ4v) is 5.72. The number of nitriles is 1. The number of rotatable bonds is 5. The summed E-state index contributed by atoms with van der Waals surface area (Å²) in [6.07, 6.45) is 1.79. The van der Waals surface area contributed by atoms with Gasteiger partial charge in [-0.2, -0.15) is 5.26 Å². The Balaban J connectivity index is 1.74. The molecule has 188 valence electrons. The van der Waals surface area contributed by atoms with Gasteiger partial charge in [0.05, 0.1) is 27.7 Å². The first-order valence-electron chi connectivity index (χ1n) is 12.2. The molecule has 6 nitrogen and oxygen atoms in total. The second kappa shape index (κ2) is 10.4. The highest BCUT2D eigenvalue weighted by Gasteiger charge is 2.35. The number of fused-ring (bicyclic) bond motifs is 1. The van der Waals surface area contributed by atoms with Crippen molar-refractivity contribution < 1.29 is 4.79 Å². The third kappa shape index (κ3) is 4.70. The zero-order chi connectivity index (χ0) is 26.8. The molecule has 7 heteroatoms. The quantitative estimate of drug-likeness (QED) is 0.424. The molecule has 1 aromatic heterocycles. The number of aromatic nitrogens is 1. The highest BCUT2D eigenvalue weighted by molar-refractivity contribution is 7.07. The van der Waals surface area contributed by atoms with Gasteiger partial charge < -0.3 is 11.1 Å². The number of nitrogens with zero attached hydrogens (tertiary/aromatic N) is 2. The Hall–Kier alpha value is -4.67. The summed E-state index contributed by atoms with van der Waals surface area (Å²) in [5.41, 5.74) is 11.4. The van der Waals surface area contributed by atoms with Crippen molar-refractivity contribution in [1.82, 2.24) is 9.88 Å². The molecule has 3 aromatic carbocycles. The van der Waals surface area contributed by atoms with Gasteiger partial charge in [0, 0.05) is 6.54 Å². The van der Waals surface area contributed by atoms with Gasteiger partial charge in [0.1, 0.15) is 10.5 Å². The molecule has 1 aliphatic rings. The lowest BCUT2D eigenvalue weighted by atomic mass is 9.83. The molecule has 3 N–H and O–H groups in total. The Morgan fingerprint density at radius 1 is 1.03 bits per heavy atom. The molecule has 0 bridgehead atoms. The van der Waals surface area contributed by atoms with Crippen LogP contribution in [0.2, 0.25) is 0 Å². The van der Waals surface area contributed by atoms with E-state index in [1.807, 2.05) is 92.7 Å². The van der Waals surface area contributed by atoms with E-state index in [-0.39, 0.29) is 22.9 Å². The lowest BCUT2D eigenvalue weighted by molar-refractivity contribution is -0.116. The zero-order valence-corrected chi connectivity index (χ0v) is 21.9. The Bertz CT molecular complexity index is 1770. The molecular weight excluding hydrogens is 492 g/mol. The second-order valence-electron chi connectivity index (χ2n) is 9.30. The van der Waals surface area contributed by atoms with Crippen LogP contribution in [0.1, 0.15) is 33.7 Å². The number of nitrogens with one attached hydrogen (secondary N) is 1. The van der Waals surface area contributed by atoms with Crippen LogP contribution >= 0.6 is 11.3 Å². The van der Waals surface area contributed by atoms with E-state index >= 15 is 0 Å². The van der Waals surface area contributed by atoms with E-state index in [4.69, 9.17) is 5.73 Å². The minimum absolute atomic E-state index is 0.0532. The van der Waals surface area contributed by atoms with Crippen LogP contribution in [0.3, 0.4) is 0 Å². The number of thiazole rings is 1. The SMILES string of the molecule is Cc1ccc(/C=c2\sc3n(c2=O)C(N)=C(C#N)C(c2ccc(C)cc2)C=3C(=O)NCc2ccccc2)cc1. The Morgan fingerprint density at radius 2 is 1.66 bits per heavy atom. The van der Waals surface area contributed by atoms with Crippen molar-refractivity contribution >= 4 is 34.7 Å². The van der Waals surface area contributed by atoms with Crippen LogP contribution in [-0.2, 0) is 11.3 Å². The fraction of sp³-hybridized carbons (Fsp3) is 0.129. The summed E-state index contributed by atoms with van der Waals surface area (Å²) in [5.74, 6) is -1.00. The van der Waals surface area contributed by atoms with Crippen molar-refractivity contribution in [2.75, 3.05) is 0 Å². The third-order valence-corrected chi connectivity index (χ3v) is 7.70. The fourth-order valence-electron chi connectivity index (χ4n) is 4.55. The Morgan fingerprint density at radius 3 is 2.29 bits per heavy atom. The largest absolute Gasteiger partial charge is 0.384 e. The molecule has 0 radical (unpaired) electrons. The van der Waals surface area contributed by atoms with Crippen molar-refractivity contribution in [2.24, 2.45) is 5.73 Å². The average molecular weight is 519 g/mol. The van der Waals surface area contributed by atoms with Gasteiger partial charge in [-0.25, -0.2) is 0 Å². The van der Waals surface area contributed by atoms with E-state index in [0.717, 1.165) is 27.8 Å². The number of hydrogen-bond donors (Lipinski definition) is 2. The van der Waals surface area contributed by atoms with Crippen molar-refractivity contribution in [3.8, 4) is 6.07 Å². The number of amides is 1. The van der Waals surface area contributed by atoms with E-state index in [0.29, 0.717) is 21.3 Å². The number of carbonyl (C=O) groups is 1. The molecule has 38 heavy (non-hydrogen) atoms. The maximum atomic E-state index is 13.8. The van der Waals surface area contributed by atoms with Crippen molar-refractivity contribution in [2.45, 2.75) is 26.3 Å². The van der Waals surface area contributed by atoms with E-state index < -0.39 is 5.92 Å². The first kappa shape index (κ1) is 25.0. The van der Waals surface area contributed by atoms with E-state index in [1.165, 1.54) is 15.9 Å². The van der Waals surface area contributed by atoms with Crippen LogP contribution in [0.15, 0.2) is 89.2 Å². The van der Waals surface area contributed by atoms with Gasteiger partial charge >= 0.3 is 0 Å². The van der Waals surface area contributed by atoms with Gasteiger partial charge in [-0.15, -0.1) is 11.3 Å². The van der Waals surface area contributed by atoms with Crippen LogP contribution < -0.4 is 25.8 Å². The normalized spacial score (nSPS) is 15.2. The monoisotopic (exact) mass is 518 g/mol. The molecule has 4 aromatic rings. The predicted molar refractivity (Wildman–Crippen MR) is 151 cm³/mol. The Labute approximate surface area is 224 Å². The van der Waals surface area contributed by atoms with Crippen LogP contribution in [0.5, 0.6) is 0 Å². The molecule has 1 amide bonds. The molecule has 1 atom stereocenters. The lowest BCUT2D eigenvalue weighted by Gasteiger charge is -2.25. The van der Waals surface area contributed by atoms with E-state index in [2.05, 4.69) is 11.4 Å². The van der Waals surface area contributed by atoms with E-state index in [9.17, 15) is 14.9 Å². The summed E-state index contributed by atoms with van der Waals surface area (Å²) in [5, 5.41) is 13.2. The zero-order valence-electron chi connectivity index (χ0n) is 21.1. The highest BCUT2D eigenvalue weighted by atomic mass is 32.1. The number of aryl methyl sites for hydroxylation is 2. The summed E-state index contributed by atoms with van der Waals surface area (Å²) in [6, 6.07) is 27.3. The minimum Gasteiger partial charge on any atom is -0.384 e. The maximum absolute atomic E-state index is 13.8. The number of allylic oxidation sites excluding steroid dienone is 1. The van der Waals surface area contributed by atoms with E-state index in [1.54, 1.807) is 6.08 Å². The first-order chi connectivity index (χ1) is 18.4. The summed E-state index contributed by atoms with van der Waals surface area (Å²) in [4.78, 5) is 27.4. The predicted octanol–water partition coefficient (Wildman–Crippen LogP) is 3.27. The first-order valence-corrected chi connectivity index (χ1v) is 13.0. The van der Waals surface area contributed by atoms with Gasteiger partial charge in [-0.3, -0.25) is 14.2 Å². The van der Waals surface area contributed by atoms with Gasteiger partial charge in [0.15, 0.2) is 0 Å². The molecule has 0 saturated heterocycles. The number of carbonyl (C=O) groups excluding carboxylic acids is 1. The minimum atomic E-state index is -0.707. The molecule has 0 aliphatic carbocycles. The molecule has 0 spiro atoms. The number of hydrogen-bond acceptors (Lipinski definition) is 5. The van der Waals surface area contributed by atoms with Crippen LogP contribution in [0.25, 0.3) is 17.5 Å². The standard InChI is InChI=1S/C31H26N4O2S/c1-19-8-12-21(13-9-19)16-25-30(37)35-28(33)24(17-32)26(23-14-10-20(2)11-15-23)27(31(35)38-25)29(36)34-18-22-6-4-3-5-7-22/h3-16,26H,18,33H2,1-2H3,(H,34,36)/b25-16-. The molecule has 0 saturated carbocycles. The molecule has 1 aliphatic heterocycles. The van der Waals surface area contributed by atoms with Crippen LogP contribution in [-0.4, -0.2) is 10.5 Å². The number of benzene rings is 3. The van der Waals surface area contributed by atoms with Crippen molar-refractivity contribution in [1.29, 1.82) is 5.26 Å². The Kier molecular flexibility index (Phi) is 6.82. The molecule has 0 fully saturated rings. The molecule has 5 rings (SSSR count). The van der Waals surface area contributed by atoms with Crippen LogP contribution in [0.4, 0.5) is 0 Å². The van der Waals surface area contributed by atoms with Gasteiger partial charge in [-0.1, -0.05) is 90.0 Å². The summed E-state index contributed by atoms with van der Waals surface area (Å²) < 4.78 is 2.17. The topological polar surface area (TPSA) is 101 Å². The van der Waals surface area contributed by atoms with Gasteiger partial charge in [0.2, 0.25) is 0 Å². The lowest BCUT2D eigenvalue weighted by Crippen LogP contribution is -2.41. The third-order valence-electron chi connectivity index (χ3n) is 6.59. The van der Waals surface area contributed by atoms with Gasteiger partial charge in [0.25, 0.3) is 11.5 Å². The van der Waals surface area contributed by atoms with Crippen molar-refractivity contribution in [3.63, 3.8) is 0 Å². The smallest absolute Gasteiger partial charge is 0.274 e. The van der Waals surface area contributed by atoms with Gasteiger partial charge in [-0.05, 0) is 36.6 Å². The summed E-state index contributed by atoms with van der Waals surface area (Å²) in [7, 11) is 0. The molecular formula is C31H26N4O2S. The summed E-state index contributed by atoms with van der Waals surface area (Å²) >= 11 is 1.21. The molecule has 1 unspecified atom stereocenters.